The Balaban J connectivity index is 2.48. The van der Waals surface area contributed by atoms with Crippen molar-refractivity contribution in [3.8, 4) is 0 Å². The van der Waals surface area contributed by atoms with Crippen molar-refractivity contribution < 1.29 is 14.3 Å². The molecule has 0 aromatic rings. The number of nitrogens with one attached hydrogen (secondary N) is 1. The maximum absolute atomic E-state index is 12.6. The fraction of sp³-hybridized carbons (Fsp3) is 0.875. The molecular formula is C16H30N2O3. The van der Waals surface area contributed by atoms with Crippen LogP contribution in [0, 0.1) is 5.41 Å². The van der Waals surface area contributed by atoms with E-state index in [1.807, 2.05) is 20.8 Å². The van der Waals surface area contributed by atoms with E-state index in [2.05, 4.69) is 12.2 Å². The van der Waals surface area contributed by atoms with Crippen molar-refractivity contribution in [3.63, 3.8) is 0 Å². The van der Waals surface area contributed by atoms with Crippen LogP contribution in [0.3, 0.4) is 0 Å². The lowest BCUT2D eigenvalue weighted by atomic mass is 9.86. The smallest absolute Gasteiger partial charge is 0.245 e. The van der Waals surface area contributed by atoms with Crippen molar-refractivity contribution in [3.05, 3.63) is 0 Å². The number of hydrogen-bond donors (Lipinski definition) is 1. The zero-order chi connectivity index (χ0) is 15.9. The highest BCUT2D eigenvalue weighted by molar-refractivity contribution is 5.90. The Labute approximate surface area is 128 Å². The summed E-state index contributed by atoms with van der Waals surface area (Å²) in [6.45, 7) is 10.7. The minimum absolute atomic E-state index is 0.0295. The Morgan fingerprint density at radius 2 is 1.90 bits per heavy atom. The van der Waals surface area contributed by atoms with Crippen LogP contribution in [0.25, 0.3) is 0 Å². The topological polar surface area (TPSA) is 58.6 Å². The molecule has 1 unspecified atom stereocenters. The van der Waals surface area contributed by atoms with Crippen LogP contribution in [0.1, 0.15) is 53.4 Å². The van der Waals surface area contributed by atoms with Gasteiger partial charge in [-0.2, -0.15) is 0 Å². The van der Waals surface area contributed by atoms with Crippen molar-refractivity contribution >= 4 is 11.8 Å². The second-order valence-corrected chi connectivity index (χ2v) is 6.76. The highest BCUT2D eigenvalue weighted by Gasteiger charge is 2.37. The Hall–Kier alpha value is -1.10. The van der Waals surface area contributed by atoms with Crippen molar-refractivity contribution in [2.24, 2.45) is 5.41 Å². The number of rotatable bonds is 7. The summed E-state index contributed by atoms with van der Waals surface area (Å²) >= 11 is 0. The first-order chi connectivity index (χ1) is 9.86. The maximum Gasteiger partial charge on any atom is 0.245 e. The molecule has 1 fully saturated rings. The molecule has 1 aliphatic heterocycles. The summed E-state index contributed by atoms with van der Waals surface area (Å²) < 4.78 is 5.53. The molecule has 0 radical (unpaired) electrons. The molecule has 1 rings (SSSR count). The van der Waals surface area contributed by atoms with Crippen LogP contribution in [0.2, 0.25) is 0 Å². The van der Waals surface area contributed by atoms with Crippen molar-refractivity contribution in [1.29, 1.82) is 0 Å². The third-order valence-corrected chi connectivity index (χ3v) is 3.70. The molecule has 0 bridgehead atoms. The standard InChI is InChI=1S/C16H30N2O3/c1-5-6-11-21-12-7-9-18-10-8-13(19)17-14(15(18)20)16(2,3)4/h14H,5-12H2,1-4H3,(H,17,19). The van der Waals surface area contributed by atoms with E-state index in [4.69, 9.17) is 4.74 Å². The Bertz CT molecular complexity index is 350. The van der Waals surface area contributed by atoms with Crippen LogP contribution < -0.4 is 5.32 Å². The first kappa shape index (κ1) is 18.0. The molecule has 0 aromatic carbocycles. The molecule has 1 aliphatic rings. The van der Waals surface area contributed by atoms with E-state index in [9.17, 15) is 9.59 Å². The second kappa shape index (κ2) is 8.37. The van der Waals surface area contributed by atoms with Gasteiger partial charge in [-0.1, -0.05) is 34.1 Å². The Morgan fingerprint density at radius 3 is 2.52 bits per heavy atom. The molecule has 0 saturated carbocycles. The number of nitrogens with zero attached hydrogens (tertiary/aromatic N) is 1. The minimum atomic E-state index is -0.437. The summed E-state index contributed by atoms with van der Waals surface area (Å²) in [4.78, 5) is 26.1. The molecule has 0 spiro atoms. The zero-order valence-electron chi connectivity index (χ0n) is 13.9. The molecule has 122 valence electrons. The van der Waals surface area contributed by atoms with E-state index < -0.39 is 6.04 Å². The maximum atomic E-state index is 12.6. The molecule has 2 amide bonds. The van der Waals surface area contributed by atoms with E-state index in [0.29, 0.717) is 26.1 Å². The predicted octanol–water partition coefficient (Wildman–Crippen LogP) is 1.96. The predicted molar refractivity (Wildman–Crippen MR) is 82.9 cm³/mol. The van der Waals surface area contributed by atoms with Gasteiger partial charge in [0.1, 0.15) is 6.04 Å². The van der Waals surface area contributed by atoms with Gasteiger partial charge >= 0.3 is 0 Å². The van der Waals surface area contributed by atoms with Crippen LogP contribution in [-0.2, 0) is 14.3 Å². The molecule has 1 N–H and O–H groups in total. The highest BCUT2D eigenvalue weighted by Crippen LogP contribution is 2.23. The largest absolute Gasteiger partial charge is 0.381 e. The van der Waals surface area contributed by atoms with Gasteiger partial charge in [0, 0.05) is 32.7 Å². The van der Waals surface area contributed by atoms with Gasteiger partial charge in [0.2, 0.25) is 11.8 Å². The lowest BCUT2D eigenvalue weighted by molar-refractivity contribution is -0.136. The third-order valence-electron chi connectivity index (χ3n) is 3.70. The molecule has 0 aromatic heterocycles. The van der Waals surface area contributed by atoms with Gasteiger partial charge in [-0.3, -0.25) is 9.59 Å². The van der Waals surface area contributed by atoms with E-state index in [-0.39, 0.29) is 17.2 Å². The number of unbranched alkanes of at least 4 members (excludes halogenated alkanes) is 1. The van der Waals surface area contributed by atoms with Crippen LogP contribution in [0.4, 0.5) is 0 Å². The van der Waals surface area contributed by atoms with Gasteiger partial charge in [-0.25, -0.2) is 0 Å². The summed E-state index contributed by atoms with van der Waals surface area (Å²) in [5.41, 5.74) is -0.271. The molecular weight excluding hydrogens is 268 g/mol. The van der Waals surface area contributed by atoms with E-state index >= 15 is 0 Å². The summed E-state index contributed by atoms with van der Waals surface area (Å²) in [6.07, 6.45) is 3.41. The fourth-order valence-electron chi connectivity index (χ4n) is 2.34. The normalized spacial score (nSPS) is 20.4. The van der Waals surface area contributed by atoms with Gasteiger partial charge in [-0.05, 0) is 18.3 Å². The van der Waals surface area contributed by atoms with Gasteiger partial charge in [0.15, 0.2) is 0 Å². The van der Waals surface area contributed by atoms with E-state index in [1.165, 1.54) is 0 Å². The highest BCUT2D eigenvalue weighted by atomic mass is 16.5. The van der Waals surface area contributed by atoms with Crippen LogP contribution in [0.15, 0.2) is 0 Å². The molecule has 0 aliphatic carbocycles. The zero-order valence-corrected chi connectivity index (χ0v) is 13.9. The molecule has 5 heteroatoms. The van der Waals surface area contributed by atoms with Gasteiger partial charge < -0.3 is 15.0 Å². The second-order valence-electron chi connectivity index (χ2n) is 6.76. The van der Waals surface area contributed by atoms with Gasteiger partial charge in [-0.15, -0.1) is 0 Å². The molecule has 1 atom stereocenters. The number of amides is 2. The van der Waals surface area contributed by atoms with Gasteiger partial charge in [0.25, 0.3) is 0 Å². The van der Waals surface area contributed by atoms with Crippen LogP contribution in [-0.4, -0.2) is 49.1 Å². The summed E-state index contributed by atoms with van der Waals surface area (Å²) in [6, 6.07) is -0.437. The summed E-state index contributed by atoms with van der Waals surface area (Å²) in [5, 5.41) is 2.86. The average molecular weight is 298 g/mol. The molecule has 1 heterocycles. The van der Waals surface area contributed by atoms with Crippen LogP contribution in [0.5, 0.6) is 0 Å². The minimum Gasteiger partial charge on any atom is -0.381 e. The molecule has 1 saturated heterocycles. The summed E-state index contributed by atoms with van der Waals surface area (Å²) in [5.74, 6) is -0.00752. The van der Waals surface area contributed by atoms with Crippen LogP contribution >= 0.6 is 0 Å². The fourth-order valence-corrected chi connectivity index (χ4v) is 2.34. The molecule has 5 nitrogen and oxygen atoms in total. The van der Waals surface area contributed by atoms with E-state index in [0.717, 1.165) is 25.9 Å². The Kier molecular flexibility index (Phi) is 7.15. The number of carbonyl (C=O) groups is 2. The van der Waals surface area contributed by atoms with Gasteiger partial charge in [0.05, 0.1) is 0 Å². The number of ether oxygens (including phenoxy) is 1. The first-order valence-corrected chi connectivity index (χ1v) is 8.02. The number of hydrogen-bond acceptors (Lipinski definition) is 3. The third kappa shape index (κ3) is 6.04. The van der Waals surface area contributed by atoms with Crippen molar-refractivity contribution in [2.45, 2.75) is 59.4 Å². The lowest BCUT2D eigenvalue weighted by Crippen LogP contribution is -2.52. The monoisotopic (exact) mass is 298 g/mol. The van der Waals surface area contributed by atoms with Crippen molar-refractivity contribution in [1.82, 2.24) is 10.2 Å². The quantitative estimate of drug-likeness (QED) is 0.731. The molecule has 21 heavy (non-hydrogen) atoms. The first-order valence-electron chi connectivity index (χ1n) is 8.02. The van der Waals surface area contributed by atoms with Crippen molar-refractivity contribution in [2.75, 3.05) is 26.3 Å². The number of carbonyl (C=O) groups excluding carboxylic acids is 2. The SMILES string of the molecule is CCCCOCCCN1CCC(=O)NC(C(C)(C)C)C1=O. The summed E-state index contributed by atoms with van der Waals surface area (Å²) in [7, 11) is 0. The average Bonchev–Trinajstić information content (AvgIpc) is 2.54. The lowest BCUT2D eigenvalue weighted by Gasteiger charge is -2.32. The van der Waals surface area contributed by atoms with E-state index in [1.54, 1.807) is 4.90 Å². The Morgan fingerprint density at radius 1 is 1.24 bits per heavy atom.